The van der Waals surface area contributed by atoms with Gasteiger partial charge in [-0.3, -0.25) is 10.4 Å². The monoisotopic (exact) mass is 189 g/mol. The van der Waals surface area contributed by atoms with Gasteiger partial charge in [0.1, 0.15) is 0 Å². The SMILES string of the molecule is c1cc(NN=C2CCCCC2)ccn1. The van der Waals surface area contributed by atoms with E-state index in [9.17, 15) is 0 Å². The van der Waals surface area contributed by atoms with Crippen molar-refractivity contribution in [2.24, 2.45) is 5.10 Å². The third-order valence-electron chi connectivity index (χ3n) is 2.45. The second-order valence-corrected chi connectivity index (χ2v) is 3.59. The summed E-state index contributed by atoms with van der Waals surface area (Å²) in [5.74, 6) is 0. The molecule has 0 unspecified atom stereocenters. The first-order chi connectivity index (χ1) is 6.95. The van der Waals surface area contributed by atoms with Crippen LogP contribution in [-0.2, 0) is 0 Å². The van der Waals surface area contributed by atoms with Crippen LogP contribution in [0.1, 0.15) is 32.1 Å². The van der Waals surface area contributed by atoms with E-state index in [1.165, 1.54) is 25.0 Å². The molecule has 0 aromatic carbocycles. The fraction of sp³-hybridized carbons (Fsp3) is 0.455. The number of nitrogens with one attached hydrogen (secondary N) is 1. The summed E-state index contributed by atoms with van der Waals surface area (Å²) >= 11 is 0. The maximum Gasteiger partial charge on any atom is 0.0592 e. The highest BCUT2D eigenvalue weighted by Crippen LogP contribution is 2.15. The zero-order valence-electron chi connectivity index (χ0n) is 8.24. The molecular formula is C11H15N3. The van der Waals surface area contributed by atoms with E-state index in [-0.39, 0.29) is 0 Å². The quantitative estimate of drug-likeness (QED) is 0.726. The largest absolute Gasteiger partial charge is 0.278 e. The van der Waals surface area contributed by atoms with Gasteiger partial charge in [-0.2, -0.15) is 5.10 Å². The molecule has 14 heavy (non-hydrogen) atoms. The smallest absolute Gasteiger partial charge is 0.0592 e. The summed E-state index contributed by atoms with van der Waals surface area (Å²) in [5, 5.41) is 4.39. The Morgan fingerprint density at radius 3 is 2.50 bits per heavy atom. The first kappa shape index (κ1) is 9.19. The molecule has 1 fully saturated rings. The molecule has 74 valence electrons. The van der Waals surface area contributed by atoms with E-state index in [0.29, 0.717) is 0 Å². The van der Waals surface area contributed by atoms with Crippen molar-refractivity contribution in [3.8, 4) is 0 Å². The van der Waals surface area contributed by atoms with E-state index in [2.05, 4.69) is 15.5 Å². The number of hydrazone groups is 1. The molecule has 1 N–H and O–H groups in total. The number of rotatable bonds is 2. The van der Waals surface area contributed by atoms with Gasteiger partial charge in [0.25, 0.3) is 0 Å². The molecule has 0 spiro atoms. The van der Waals surface area contributed by atoms with Crippen molar-refractivity contribution in [3.63, 3.8) is 0 Å². The van der Waals surface area contributed by atoms with Crippen molar-refractivity contribution < 1.29 is 0 Å². The minimum atomic E-state index is 1.01. The van der Waals surface area contributed by atoms with Gasteiger partial charge in [0.2, 0.25) is 0 Å². The van der Waals surface area contributed by atoms with Gasteiger partial charge in [0, 0.05) is 18.1 Å². The number of pyridine rings is 1. The van der Waals surface area contributed by atoms with Gasteiger partial charge in [-0.25, -0.2) is 0 Å². The predicted octanol–water partition coefficient (Wildman–Crippen LogP) is 2.81. The Balaban J connectivity index is 1.92. The molecule has 0 aliphatic heterocycles. The second-order valence-electron chi connectivity index (χ2n) is 3.59. The summed E-state index contributed by atoms with van der Waals surface area (Å²) in [6.45, 7) is 0. The highest BCUT2D eigenvalue weighted by molar-refractivity contribution is 5.85. The van der Waals surface area contributed by atoms with Gasteiger partial charge in [0.15, 0.2) is 0 Å². The minimum Gasteiger partial charge on any atom is -0.278 e. The highest BCUT2D eigenvalue weighted by Gasteiger charge is 2.05. The van der Waals surface area contributed by atoms with Crippen molar-refractivity contribution in [2.75, 3.05) is 5.43 Å². The average Bonchev–Trinajstić information content (AvgIpc) is 2.29. The molecule has 0 atom stereocenters. The van der Waals surface area contributed by atoms with Gasteiger partial charge in [0.05, 0.1) is 5.69 Å². The third-order valence-corrected chi connectivity index (χ3v) is 2.45. The summed E-state index contributed by atoms with van der Waals surface area (Å²) in [6.07, 6.45) is 9.77. The molecule has 1 aliphatic rings. The Bertz CT molecular complexity index is 298. The number of hydrogen-bond acceptors (Lipinski definition) is 3. The van der Waals surface area contributed by atoms with E-state index in [4.69, 9.17) is 0 Å². The normalized spacial score (nSPS) is 16.4. The van der Waals surface area contributed by atoms with Crippen LogP contribution >= 0.6 is 0 Å². The lowest BCUT2D eigenvalue weighted by atomic mass is 9.99. The highest BCUT2D eigenvalue weighted by atomic mass is 15.3. The fourth-order valence-corrected chi connectivity index (χ4v) is 1.64. The molecule has 1 aliphatic carbocycles. The third kappa shape index (κ3) is 2.55. The first-order valence-electron chi connectivity index (χ1n) is 5.16. The zero-order chi connectivity index (χ0) is 9.64. The van der Waals surface area contributed by atoms with Crippen molar-refractivity contribution in [1.82, 2.24) is 4.98 Å². The van der Waals surface area contributed by atoms with Crippen molar-refractivity contribution in [3.05, 3.63) is 24.5 Å². The molecule has 0 radical (unpaired) electrons. The van der Waals surface area contributed by atoms with E-state index in [0.717, 1.165) is 18.5 Å². The van der Waals surface area contributed by atoms with Gasteiger partial charge in [-0.05, 0) is 37.8 Å². The molecule has 1 aromatic heterocycles. The summed E-state index contributed by atoms with van der Waals surface area (Å²) in [4.78, 5) is 3.95. The van der Waals surface area contributed by atoms with E-state index >= 15 is 0 Å². The summed E-state index contributed by atoms with van der Waals surface area (Å²) in [7, 11) is 0. The lowest BCUT2D eigenvalue weighted by Crippen LogP contribution is -2.07. The topological polar surface area (TPSA) is 37.3 Å². The zero-order valence-corrected chi connectivity index (χ0v) is 8.24. The van der Waals surface area contributed by atoms with E-state index in [1.807, 2.05) is 12.1 Å². The molecule has 0 bridgehead atoms. The Morgan fingerprint density at radius 2 is 1.79 bits per heavy atom. The van der Waals surface area contributed by atoms with Crippen molar-refractivity contribution in [2.45, 2.75) is 32.1 Å². The van der Waals surface area contributed by atoms with Crippen molar-refractivity contribution in [1.29, 1.82) is 0 Å². The molecule has 3 nitrogen and oxygen atoms in total. The maximum absolute atomic E-state index is 4.39. The van der Waals surface area contributed by atoms with Crippen LogP contribution in [0.4, 0.5) is 5.69 Å². The first-order valence-corrected chi connectivity index (χ1v) is 5.16. The molecule has 2 rings (SSSR count). The van der Waals surface area contributed by atoms with E-state index in [1.54, 1.807) is 12.4 Å². The van der Waals surface area contributed by atoms with Crippen molar-refractivity contribution >= 4 is 11.4 Å². The Morgan fingerprint density at radius 1 is 1.07 bits per heavy atom. The number of aromatic nitrogens is 1. The number of nitrogens with zero attached hydrogens (tertiary/aromatic N) is 2. The van der Waals surface area contributed by atoms with Gasteiger partial charge < -0.3 is 0 Å². The number of anilines is 1. The molecular weight excluding hydrogens is 174 g/mol. The van der Waals surface area contributed by atoms with Gasteiger partial charge in [-0.1, -0.05) is 6.42 Å². The second kappa shape index (κ2) is 4.74. The summed E-state index contributed by atoms with van der Waals surface area (Å²) in [5.41, 5.74) is 5.37. The molecule has 1 saturated carbocycles. The van der Waals surface area contributed by atoms with Gasteiger partial charge >= 0.3 is 0 Å². The molecule has 3 heteroatoms. The van der Waals surface area contributed by atoms with Crippen LogP contribution in [0, 0.1) is 0 Å². The van der Waals surface area contributed by atoms with Crippen LogP contribution in [0.5, 0.6) is 0 Å². The molecule has 0 amide bonds. The Hall–Kier alpha value is -1.38. The number of hydrogen-bond donors (Lipinski definition) is 1. The van der Waals surface area contributed by atoms with Crippen LogP contribution in [-0.4, -0.2) is 10.7 Å². The molecule has 0 saturated heterocycles. The van der Waals surface area contributed by atoms with Gasteiger partial charge in [-0.15, -0.1) is 0 Å². The van der Waals surface area contributed by atoms with Crippen LogP contribution in [0.25, 0.3) is 0 Å². The molecule has 1 aromatic rings. The Kier molecular flexibility index (Phi) is 3.11. The summed E-state index contributed by atoms with van der Waals surface area (Å²) in [6, 6.07) is 3.85. The lowest BCUT2D eigenvalue weighted by molar-refractivity contribution is 0.665. The van der Waals surface area contributed by atoms with Crippen LogP contribution in [0.2, 0.25) is 0 Å². The average molecular weight is 189 g/mol. The minimum absolute atomic E-state index is 1.01. The maximum atomic E-state index is 4.39. The fourth-order valence-electron chi connectivity index (χ4n) is 1.64. The standard InChI is InChI=1S/C11H15N3/c1-2-4-10(5-3-1)13-14-11-6-8-12-9-7-11/h6-9H,1-5H2,(H,12,14). The predicted molar refractivity (Wildman–Crippen MR) is 58.4 cm³/mol. The molecule has 1 heterocycles. The van der Waals surface area contributed by atoms with Crippen LogP contribution in [0.3, 0.4) is 0 Å². The lowest BCUT2D eigenvalue weighted by Gasteiger charge is -2.12. The van der Waals surface area contributed by atoms with Crippen LogP contribution < -0.4 is 5.43 Å². The summed E-state index contributed by atoms with van der Waals surface area (Å²) < 4.78 is 0. The Labute approximate surface area is 84.3 Å². The van der Waals surface area contributed by atoms with E-state index < -0.39 is 0 Å². The van der Waals surface area contributed by atoms with Crippen LogP contribution in [0.15, 0.2) is 29.6 Å².